The fourth-order valence-corrected chi connectivity index (χ4v) is 3.68. The smallest absolute Gasteiger partial charge is 0.195 e. The Hall–Kier alpha value is -0.540. The highest BCUT2D eigenvalue weighted by atomic mass is 32.2. The minimum Gasteiger partial charge on any atom is -0.288 e. The third kappa shape index (κ3) is 1.71. The Morgan fingerprint density at radius 1 is 1.62 bits per heavy atom. The summed E-state index contributed by atoms with van der Waals surface area (Å²) >= 11 is 3.57. The summed E-state index contributed by atoms with van der Waals surface area (Å²) in [4.78, 5) is 13.6. The number of fused-ring (bicyclic) bond motifs is 1. The Kier molecular flexibility index (Phi) is 2.56. The van der Waals surface area contributed by atoms with E-state index in [4.69, 9.17) is 0 Å². The first-order valence-corrected chi connectivity index (χ1v) is 6.14. The van der Waals surface area contributed by atoms with Gasteiger partial charge in [-0.15, -0.1) is 11.3 Å². The number of thiophene rings is 1. The Bertz CT molecular complexity index is 328. The van der Waals surface area contributed by atoms with Gasteiger partial charge in [-0.3, -0.25) is 4.79 Å². The lowest BCUT2D eigenvalue weighted by atomic mass is 10.2. The van der Waals surface area contributed by atoms with Crippen LogP contribution >= 0.6 is 23.1 Å². The molecule has 0 N–H and O–H groups in total. The third-order valence-corrected chi connectivity index (χ3v) is 4.32. The largest absolute Gasteiger partial charge is 0.288 e. The van der Waals surface area contributed by atoms with Gasteiger partial charge in [0.15, 0.2) is 5.78 Å². The van der Waals surface area contributed by atoms with E-state index < -0.39 is 0 Å². The number of aryl methyl sites for hydroxylation is 1. The second kappa shape index (κ2) is 3.68. The maximum absolute atomic E-state index is 11.3. The van der Waals surface area contributed by atoms with E-state index in [2.05, 4.69) is 6.58 Å². The second-order valence-corrected chi connectivity index (χ2v) is 5.17. The zero-order chi connectivity index (χ0) is 9.26. The molecule has 2 heterocycles. The van der Waals surface area contributed by atoms with Crippen molar-refractivity contribution in [3.05, 3.63) is 34.0 Å². The number of ketones is 1. The molecule has 13 heavy (non-hydrogen) atoms. The van der Waals surface area contributed by atoms with E-state index >= 15 is 0 Å². The van der Waals surface area contributed by atoms with Gasteiger partial charge in [-0.2, -0.15) is 11.8 Å². The molecule has 1 aliphatic rings. The summed E-state index contributed by atoms with van der Waals surface area (Å²) in [5.74, 6) is 2.32. The molecule has 0 bridgehead atoms. The van der Waals surface area contributed by atoms with Crippen molar-refractivity contribution >= 4 is 28.9 Å². The number of allylic oxidation sites excluding steroid dienone is 1. The summed E-state index contributed by atoms with van der Waals surface area (Å²) < 4.78 is 0. The molecule has 68 valence electrons. The van der Waals surface area contributed by atoms with Gasteiger partial charge >= 0.3 is 0 Å². The van der Waals surface area contributed by atoms with Crippen LogP contribution in [0.2, 0.25) is 0 Å². The molecule has 2 rings (SSSR count). The number of carbonyl (C=O) groups excluding carboxylic acids is 1. The summed E-state index contributed by atoms with van der Waals surface area (Å²) in [5.41, 5.74) is 1.35. The Balaban J connectivity index is 2.35. The Morgan fingerprint density at radius 3 is 3.15 bits per heavy atom. The van der Waals surface area contributed by atoms with Crippen molar-refractivity contribution in [2.24, 2.45) is 0 Å². The van der Waals surface area contributed by atoms with E-state index in [1.165, 1.54) is 22.3 Å². The molecule has 0 amide bonds. The van der Waals surface area contributed by atoms with Crippen molar-refractivity contribution in [1.82, 2.24) is 0 Å². The molecule has 1 aliphatic heterocycles. The van der Waals surface area contributed by atoms with Gasteiger partial charge in [-0.1, -0.05) is 6.58 Å². The number of carbonyl (C=O) groups is 1. The van der Waals surface area contributed by atoms with E-state index in [-0.39, 0.29) is 5.78 Å². The summed E-state index contributed by atoms with van der Waals surface area (Å²) in [7, 11) is 0. The van der Waals surface area contributed by atoms with Crippen molar-refractivity contribution in [3.63, 3.8) is 0 Å². The van der Waals surface area contributed by atoms with Crippen LogP contribution in [0.4, 0.5) is 0 Å². The maximum Gasteiger partial charge on any atom is 0.195 e. The standard InChI is InChI=1S/C10H10OS2/c1-2-8(11)10-5-7-6-12-4-3-9(7)13-10/h2,5H,1,3-4,6H2. The van der Waals surface area contributed by atoms with Crippen LogP contribution in [0.5, 0.6) is 0 Å². The minimum absolute atomic E-state index is 0.0596. The Morgan fingerprint density at radius 2 is 2.46 bits per heavy atom. The predicted molar refractivity (Wildman–Crippen MR) is 58.7 cm³/mol. The van der Waals surface area contributed by atoms with Gasteiger partial charge in [0.1, 0.15) is 0 Å². The molecule has 0 fully saturated rings. The van der Waals surface area contributed by atoms with Crippen LogP contribution in [0.1, 0.15) is 20.1 Å². The van der Waals surface area contributed by atoms with E-state index in [9.17, 15) is 4.79 Å². The fourth-order valence-electron chi connectivity index (χ4n) is 1.37. The normalized spacial score (nSPS) is 15.1. The summed E-state index contributed by atoms with van der Waals surface area (Å²) in [6, 6.07) is 2.02. The zero-order valence-corrected chi connectivity index (χ0v) is 8.84. The van der Waals surface area contributed by atoms with Gasteiger partial charge in [0.25, 0.3) is 0 Å². The lowest BCUT2D eigenvalue weighted by molar-refractivity contribution is 0.105. The van der Waals surface area contributed by atoms with Crippen LogP contribution in [-0.4, -0.2) is 11.5 Å². The molecule has 1 aromatic heterocycles. The van der Waals surface area contributed by atoms with E-state index in [1.54, 1.807) is 11.3 Å². The number of hydrogen-bond donors (Lipinski definition) is 0. The lowest BCUT2D eigenvalue weighted by Gasteiger charge is -2.08. The van der Waals surface area contributed by atoms with E-state index in [0.29, 0.717) is 0 Å². The van der Waals surface area contributed by atoms with Gasteiger partial charge in [-0.05, 0) is 29.9 Å². The molecule has 0 aromatic carbocycles. The third-order valence-electron chi connectivity index (χ3n) is 2.06. The van der Waals surface area contributed by atoms with Gasteiger partial charge in [0.2, 0.25) is 0 Å². The minimum atomic E-state index is 0.0596. The van der Waals surface area contributed by atoms with E-state index in [1.807, 2.05) is 17.8 Å². The molecule has 0 atom stereocenters. The zero-order valence-electron chi connectivity index (χ0n) is 7.21. The summed E-state index contributed by atoms with van der Waals surface area (Å²) in [6.07, 6.45) is 2.51. The van der Waals surface area contributed by atoms with Crippen LogP contribution in [0.15, 0.2) is 18.7 Å². The fraction of sp³-hybridized carbons (Fsp3) is 0.300. The van der Waals surface area contributed by atoms with Crippen molar-refractivity contribution in [2.75, 3.05) is 5.75 Å². The Labute approximate surface area is 85.9 Å². The van der Waals surface area contributed by atoms with E-state index in [0.717, 1.165) is 17.1 Å². The molecule has 0 unspecified atom stereocenters. The molecular weight excluding hydrogens is 200 g/mol. The van der Waals surface area contributed by atoms with Crippen LogP contribution in [-0.2, 0) is 12.2 Å². The van der Waals surface area contributed by atoms with Crippen molar-refractivity contribution in [2.45, 2.75) is 12.2 Å². The topological polar surface area (TPSA) is 17.1 Å². The first-order valence-electron chi connectivity index (χ1n) is 4.17. The molecule has 0 spiro atoms. The first-order chi connectivity index (χ1) is 6.31. The molecule has 3 heteroatoms. The highest BCUT2D eigenvalue weighted by Crippen LogP contribution is 2.31. The SMILES string of the molecule is C=CC(=O)c1cc2c(s1)CCSC2. The number of rotatable bonds is 2. The molecule has 0 aliphatic carbocycles. The van der Waals surface area contributed by atoms with Gasteiger partial charge in [0.05, 0.1) is 4.88 Å². The number of hydrogen-bond acceptors (Lipinski definition) is 3. The van der Waals surface area contributed by atoms with Crippen molar-refractivity contribution < 1.29 is 4.79 Å². The molecule has 0 saturated carbocycles. The van der Waals surface area contributed by atoms with Crippen molar-refractivity contribution in [3.8, 4) is 0 Å². The van der Waals surface area contributed by atoms with Crippen LogP contribution < -0.4 is 0 Å². The summed E-state index contributed by atoms with van der Waals surface area (Å²) in [5, 5.41) is 0. The molecule has 0 radical (unpaired) electrons. The quantitative estimate of drug-likeness (QED) is 0.551. The molecule has 0 saturated heterocycles. The monoisotopic (exact) mass is 210 g/mol. The summed E-state index contributed by atoms with van der Waals surface area (Å²) in [6.45, 7) is 3.50. The lowest BCUT2D eigenvalue weighted by Crippen LogP contribution is -1.96. The average Bonchev–Trinajstić information content (AvgIpc) is 2.59. The maximum atomic E-state index is 11.3. The second-order valence-electron chi connectivity index (χ2n) is 2.93. The van der Waals surface area contributed by atoms with Gasteiger partial charge < -0.3 is 0 Å². The van der Waals surface area contributed by atoms with Crippen molar-refractivity contribution in [1.29, 1.82) is 0 Å². The first kappa shape index (κ1) is 9.03. The highest BCUT2D eigenvalue weighted by molar-refractivity contribution is 7.98. The number of thioether (sulfide) groups is 1. The highest BCUT2D eigenvalue weighted by Gasteiger charge is 2.15. The van der Waals surface area contributed by atoms with Gasteiger partial charge in [-0.25, -0.2) is 0 Å². The van der Waals surface area contributed by atoms with Crippen LogP contribution in [0, 0.1) is 0 Å². The average molecular weight is 210 g/mol. The molecule has 1 nitrogen and oxygen atoms in total. The van der Waals surface area contributed by atoms with Gasteiger partial charge in [0, 0.05) is 10.6 Å². The van der Waals surface area contributed by atoms with Crippen LogP contribution in [0.25, 0.3) is 0 Å². The van der Waals surface area contributed by atoms with Crippen LogP contribution in [0.3, 0.4) is 0 Å². The molecular formula is C10H10OS2. The predicted octanol–water partition coefficient (Wildman–Crippen LogP) is 2.91. The molecule has 1 aromatic rings.